The lowest BCUT2D eigenvalue weighted by molar-refractivity contribution is -0.276. The molecule has 0 unspecified atom stereocenters. The highest BCUT2D eigenvalue weighted by Crippen LogP contribution is 2.34. The second-order valence-corrected chi connectivity index (χ2v) is 3.24. The Balaban J connectivity index is 3.45. The average Bonchev–Trinajstić information content (AvgIpc) is 2.24. The fourth-order valence-corrected chi connectivity index (χ4v) is 1.28. The number of halogens is 5. The first-order chi connectivity index (χ1) is 8.65. The maximum Gasteiger partial charge on any atom is 0.574 e. The van der Waals surface area contributed by atoms with Crippen LogP contribution in [0.2, 0.25) is 0 Å². The smallest absolute Gasteiger partial charge is 0.477 e. The number of rotatable bonds is 4. The summed E-state index contributed by atoms with van der Waals surface area (Å²) >= 11 is 0. The van der Waals surface area contributed by atoms with E-state index in [2.05, 4.69) is 9.72 Å². The van der Waals surface area contributed by atoms with Gasteiger partial charge >= 0.3 is 12.3 Å². The topological polar surface area (TPSA) is 85.4 Å². The zero-order chi connectivity index (χ0) is 14.8. The lowest BCUT2D eigenvalue weighted by Gasteiger charge is -2.15. The van der Waals surface area contributed by atoms with Crippen molar-refractivity contribution in [2.24, 2.45) is 5.73 Å². The van der Waals surface area contributed by atoms with E-state index in [1.807, 2.05) is 0 Å². The Labute approximate surface area is 102 Å². The minimum Gasteiger partial charge on any atom is -0.477 e. The van der Waals surface area contributed by atoms with Crippen molar-refractivity contribution in [1.29, 1.82) is 0 Å². The van der Waals surface area contributed by atoms with Crippen molar-refractivity contribution in [3.05, 3.63) is 22.9 Å². The minimum absolute atomic E-state index is 0.485. The van der Waals surface area contributed by atoms with Gasteiger partial charge in [0.1, 0.15) is 0 Å². The number of nitrogens with zero attached hydrogens (tertiary/aromatic N) is 1. The summed E-state index contributed by atoms with van der Waals surface area (Å²) in [5, 5.41) is 8.63. The van der Waals surface area contributed by atoms with Gasteiger partial charge in [0.2, 0.25) is 5.88 Å². The molecular formula is C9H7F5N2O3. The van der Waals surface area contributed by atoms with Crippen molar-refractivity contribution >= 4 is 5.97 Å². The van der Waals surface area contributed by atoms with E-state index in [1.54, 1.807) is 0 Å². The third-order valence-electron chi connectivity index (χ3n) is 1.98. The Kier molecular flexibility index (Phi) is 4.24. The van der Waals surface area contributed by atoms with Crippen LogP contribution in [0.15, 0.2) is 6.07 Å². The van der Waals surface area contributed by atoms with Crippen molar-refractivity contribution in [2.75, 3.05) is 0 Å². The second-order valence-electron chi connectivity index (χ2n) is 3.24. The molecule has 0 amide bonds. The van der Waals surface area contributed by atoms with Gasteiger partial charge in [0, 0.05) is 6.54 Å². The summed E-state index contributed by atoms with van der Waals surface area (Å²) in [5.74, 6) is -3.20. The molecule has 5 nitrogen and oxygen atoms in total. The van der Waals surface area contributed by atoms with Gasteiger partial charge in [0.15, 0.2) is 5.69 Å². The van der Waals surface area contributed by atoms with Crippen molar-refractivity contribution in [3.63, 3.8) is 0 Å². The van der Waals surface area contributed by atoms with Crippen LogP contribution in [0.1, 0.15) is 28.0 Å². The van der Waals surface area contributed by atoms with Crippen molar-refractivity contribution in [3.8, 4) is 5.88 Å². The van der Waals surface area contributed by atoms with Gasteiger partial charge in [-0.3, -0.25) is 0 Å². The molecule has 1 aromatic rings. The molecule has 0 bridgehead atoms. The molecular weight excluding hydrogens is 279 g/mol. The monoisotopic (exact) mass is 286 g/mol. The molecule has 0 saturated heterocycles. The van der Waals surface area contributed by atoms with Crippen molar-refractivity contribution in [1.82, 2.24) is 4.98 Å². The summed E-state index contributed by atoms with van der Waals surface area (Å²) in [6, 6.07) is 0.674. The fourth-order valence-electron chi connectivity index (χ4n) is 1.28. The molecule has 1 heterocycles. The summed E-state index contributed by atoms with van der Waals surface area (Å²) in [6.45, 7) is -0.587. The number of carboxylic acids is 1. The number of carboxylic acid groups (broad SMARTS) is 1. The third-order valence-corrected chi connectivity index (χ3v) is 1.98. The fraction of sp³-hybridized carbons (Fsp3) is 0.333. The van der Waals surface area contributed by atoms with Gasteiger partial charge in [0.05, 0.1) is 5.56 Å². The highest BCUT2D eigenvalue weighted by Gasteiger charge is 2.35. The van der Waals surface area contributed by atoms with Crippen LogP contribution in [0.4, 0.5) is 22.0 Å². The van der Waals surface area contributed by atoms with E-state index in [4.69, 9.17) is 10.8 Å². The van der Waals surface area contributed by atoms with Gasteiger partial charge in [-0.15, -0.1) is 13.2 Å². The summed E-state index contributed by atoms with van der Waals surface area (Å²) in [5.41, 5.74) is 2.57. The average molecular weight is 286 g/mol. The second kappa shape index (κ2) is 5.34. The van der Waals surface area contributed by atoms with Crippen LogP contribution in [0.3, 0.4) is 0 Å². The summed E-state index contributed by atoms with van der Waals surface area (Å²) < 4.78 is 64.9. The standard InChI is InChI=1S/C9H7F5N2O3/c10-6(11)5-3(2-15)1-4(8(17)18)16-7(5)19-9(12,13)14/h1,6H,2,15H2,(H,17,18). The maximum absolute atomic E-state index is 12.7. The van der Waals surface area contributed by atoms with Gasteiger partial charge in [0.25, 0.3) is 6.43 Å². The summed E-state index contributed by atoms with van der Waals surface area (Å²) in [7, 11) is 0. The number of nitrogens with two attached hydrogens (primary N) is 1. The van der Waals surface area contributed by atoms with E-state index in [-0.39, 0.29) is 0 Å². The molecule has 0 fully saturated rings. The summed E-state index contributed by atoms with van der Waals surface area (Å²) in [6.07, 6.45) is -8.62. The predicted octanol–water partition coefficient (Wildman–Crippen LogP) is 2.07. The Hall–Kier alpha value is -1.97. The molecule has 106 valence electrons. The van der Waals surface area contributed by atoms with Crippen LogP contribution >= 0.6 is 0 Å². The molecule has 0 radical (unpaired) electrons. The molecule has 0 aliphatic carbocycles. The lowest BCUT2D eigenvalue weighted by Crippen LogP contribution is -2.21. The van der Waals surface area contributed by atoms with Gasteiger partial charge in [-0.25, -0.2) is 18.6 Å². The zero-order valence-electron chi connectivity index (χ0n) is 9.04. The van der Waals surface area contributed by atoms with Crippen LogP contribution in [-0.2, 0) is 6.54 Å². The summed E-state index contributed by atoms with van der Waals surface area (Å²) in [4.78, 5) is 13.6. The predicted molar refractivity (Wildman–Crippen MR) is 50.7 cm³/mol. The largest absolute Gasteiger partial charge is 0.574 e. The molecule has 1 rings (SSSR count). The van der Waals surface area contributed by atoms with E-state index < -0.39 is 48.0 Å². The van der Waals surface area contributed by atoms with E-state index in [0.29, 0.717) is 6.07 Å². The number of hydrogen-bond donors (Lipinski definition) is 2. The molecule has 0 atom stereocenters. The Bertz CT molecular complexity index is 489. The Morgan fingerprint density at radius 2 is 2.05 bits per heavy atom. The van der Waals surface area contributed by atoms with Crippen molar-refractivity contribution < 1.29 is 36.6 Å². The number of hydrogen-bond acceptors (Lipinski definition) is 4. The zero-order valence-corrected chi connectivity index (χ0v) is 9.04. The third kappa shape index (κ3) is 3.74. The normalized spacial score (nSPS) is 11.7. The number of pyridine rings is 1. The van der Waals surface area contributed by atoms with Crippen LogP contribution in [0.5, 0.6) is 5.88 Å². The number of aromatic nitrogens is 1. The van der Waals surface area contributed by atoms with Crippen LogP contribution in [0, 0.1) is 0 Å². The van der Waals surface area contributed by atoms with Crippen molar-refractivity contribution in [2.45, 2.75) is 19.3 Å². The number of carbonyl (C=O) groups is 1. The van der Waals surface area contributed by atoms with Crippen LogP contribution in [-0.4, -0.2) is 22.4 Å². The lowest BCUT2D eigenvalue weighted by atomic mass is 10.1. The molecule has 0 spiro atoms. The van der Waals surface area contributed by atoms with Crippen LogP contribution in [0.25, 0.3) is 0 Å². The van der Waals surface area contributed by atoms with Crippen LogP contribution < -0.4 is 10.5 Å². The minimum atomic E-state index is -5.28. The van der Waals surface area contributed by atoms with E-state index in [0.717, 1.165) is 0 Å². The molecule has 3 N–H and O–H groups in total. The first kappa shape index (κ1) is 15.1. The SMILES string of the molecule is NCc1cc(C(=O)O)nc(OC(F)(F)F)c1C(F)F. The maximum atomic E-state index is 12.7. The number of ether oxygens (including phenoxy) is 1. The van der Waals surface area contributed by atoms with Gasteiger partial charge in [-0.2, -0.15) is 0 Å². The molecule has 1 aromatic heterocycles. The van der Waals surface area contributed by atoms with Gasteiger partial charge < -0.3 is 15.6 Å². The number of alkyl halides is 5. The highest BCUT2D eigenvalue weighted by molar-refractivity contribution is 5.86. The Morgan fingerprint density at radius 3 is 2.42 bits per heavy atom. The molecule has 0 aliphatic heterocycles. The molecule has 0 aromatic carbocycles. The molecule has 10 heteroatoms. The first-order valence-corrected chi connectivity index (χ1v) is 4.66. The quantitative estimate of drug-likeness (QED) is 0.828. The highest BCUT2D eigenvalue weighted by atomic mass is 19.4. The molecule has 0 aliphatic rings. The Morgan fingerprint density at radius 1 is 1.47 bits per heavy atom. The molecule has 19 heavy (non-hydrogen) atoms. The van der Waals surface area contributed by atoms with E-state index >= 15 is 0 Å². The number of aromatic carboxylic acids is 1. The first-order valence-electron chi connectivity index (χ1n) is 4.66. The van der Waals surface area contributed by atoms with Gasteiger partial charge in [-0.1, -0.05) is 0 Å². The van der Waals surface area contributed by atoms with E-state index in [1.165, 1.54) is 0 Å². The van der Waals surface area contributed by atoms with Gasteiger partial charge in [-0.05, 0) is 11.6 Å². The molecule has 0 saturated carbocycles. The van der Waals surface area contributed by atoms with E-state index in [9.17, 15) is 26.7 Å².